The highest BCUT2D eigenvalue weighted by atomic mass is 32.1. The second-order valence-electron chi connectivity index (χ2n) is 25.3. The van der Waals surface area contributed by atoms with Gasteiger partial charge >= 0.3 is 0 Å². The fraction of sp³-hybridized carbons (Fsp3) is 0.639. The maximum Gasteiger partial charge on any atom is 0.264 e. The maximum absolute atomic E-state index is 15.3. The van der Waals surface area contributed by atoms with Gasteiger partial charge in [-0.2, -0.15) is 0 Å². The highest BCUT2D eigenvalue weighted by Gasteiger charge is 2.37. The first-order valence-corrected chi connectivity index (χ1v) is 37.2. The van der Waals surface area contributed by atoms with Crippen molar-refractivity contribution in [1.82, 2.24) is 18.7 Å². The number of aromatic nitrogens is 4. The van der Waals surface area contributed by atoms with Gasteiger partial charge in [0.25, 0.3) is 5.91 Å². The fourth-order valence-electron chi connectivity index (χ4n) is 14.3. The van der Waals surface area contributed by atoms with Gasteiger partial charge in [-0.3, -0.25) is 9.36 Å². The first kappa shape index (κ1) is 60.6. The summed E-state index contributed by atoms with van der Waals surface area (Å²) in [6.45, 7) is 16.2. The SMILES string of the molecule is CCCCCCCCCCCc1csc2c1sc1c3c4nc5n(c4c4c6sc7c(CCCCCCCCCCC)csc7c6n(CC(CCCC)CCCCCC)c4c3n(CC(CCCC)CCCCCC)c21)C(=O)c1ccccc1-5. The summed E-state index contributed by atoms with van der Waals surface area (Å²) in [4.78, 5) is 21.2. The van der Waals surface area contributed by atoms with Crippen LogP contribution in [0.25, 0.3) is 83.5 Å². The van der Waals surface area contributed by atoms with Crippen LogP contribution in [-0.2, 0) is 25.9 Å². The average molecular weight is 1170 g/mol. The monoisotopic (exact) mass is 1170 g/mol. The molecule has 2 unspecified atom stereocenters. The zero-order valence-electron chi connectivity index (χ0n) is 51.3. The van der Waals surface area contributed by atoms with Crippen LogP contribution in [-0.4, -0.2) is 24.6 Å². The molecule has 0 aliphatic carbocycles. The van der Waals surface area contributed by atoms with E-state index in [2.05, 4.69) is 101 Å². The molecule has 2 atom stereocenters. The summed E-state index contributed by atoms with van der Waals surface area (Å²) in [5.41, 5.74) is 12.7. The van der Waals surface area contributed by atoms with Gasteiger partial charge in [-0.05, 0) is 91.2 Å². The Bertz CT molecular complexity index is 3440. The zero-order valence-corrected chi connectivity index (χ0v) is 54.6. The molecule has 0 amide bonds. The van der Waals surface area contributed by atoms with E-state index in [0.29, 0.717) is 11.8 Å². The maximum atomic E-state index is 15.3. The molecule has 0 bridgehead atoms. The van der Waals surface area contributed by atoms with Crippen LogP contribution in [0.1, 0.15) is 281 Å². The van der Waals surface area contributed by atoms with Gasteiger partial charge in [0.2, 0.25) is 0 Å². The van der Waals surface area contributed by atoms with Crippen LogP contribution in [0, 0.1) is 11.8 Å². The molecule has 0 N–H and O–H groups in total. The first-order chi connectivity index (χ1) is 40.0. The van der Waals surface area contributed by atoms with Crippen molar-refractivity contribution in [2.24, 2.45) is 11.8 Å². The summed E-state index contributed by atoms with van der Waals surface area (Å²) in [6.07, 6.45) is 47.2. The van der Waals surface area contributed by atoms with Gasteiger partial charge in [0.1, 0.15) is 11.3 Å². The van der Waals surface area contributed by atoms with E-state index in [-0.39, 0.29) is 5.91 Å². The molecular weight excluding hydrogens is 1070 g/mol. The standard InChI is InChI=1S/C72H102N4OS4/c1-7-13-19-23-25-27-29-31-35-43-53-49-78-69-63-67(80-65(53)69)57-59-60(76-71(73-59)55-45-37-38-46-56(55)72(76)77)58-62(61(57)74(63)47-51(39-17-11-5)41-33-21-15-9-3)75(48-52(40-18-12-6)42-34-22-16-10-4)64-68(58)81-66-54(50-79-70(64)66)44-36-32-30-28-26-24-20-14-8-2/h37-38,45-46,49-52H,7-36,39-44,47-48H2,1-6H3. The minimum Gasteiger partial charge on any atom is -0.337 e. The highest BCUT2D eigenvalue weighted by Crippen LogP contribution is 2.55. The smallest absolute Gasteiger partial charge is 0.264 e. The number of aryl methyl sites for hydroxylation is 2. The highest BCUT2D eigenvalue weighted by molar-refractivity contribution is 7.33. The minimum absolute atomic E-state index is 0.0867. The number of thiophene rings is 4. The molecule has 1 aliphatic rings. The van der Waals surface area contributed by atoms with E-state index in [1.165, 1.54) is 279 Å². The number of nitrogens with zero attached hydrogens (tertiary/aromatic N) is 4. The number of carbonyl (C=O) groups excluding carboxylic acids is 1. The Morgan fingerprint density at radius 3 is 1.27 bits per heavy atom. The molecule has 7 aromatic heterocycles. The van der Waals surface area contributed by atoms with Gasteiger partial charge in [0.15, 0.2) is 0 Å². The minimum atomic E-state index is 0.0867. The summed E-state index contributed by atoms with van der Waals surface area (Å²) < 4.78 is 16.7. The van der Waals surface area contributed by atoms with Crippen LogP contribution in [0.5, 0.6) is 0 Å². The van der Waals surface area contributed by atoms with E-state index >= 15 is 4.79 Å². The first-order valence-electron chi connectivity index (χ1n) is 33.8. The average Bonchev–Trinajstić information content (AvgIpc) is 1.98. The van der Waals surface area contributed by atoms with E-state index < -0.39 is 0 Å². The van der Waals surface area contributed by atoms with Gasteiger partial charge in [0.05, 0.1) is 61.3 Å². The van der Waals surface area contributed by atoms with E-state index in [9.17, 15) is 0 Å². The Balaban J connectivity index is 1.20. The van der Waals surface area contributed by atoms with Crippen LogP contribution < -0.4 is 0 Å². The van der Waals surface area contributed by atoms with Crippen molar-refractivity contribution in [2.45, 2.75) is 286 Å². The normalized spacial score (nSPS) is 13.6. The lowest BCUT2D eigenvalue weighted by Gasteiger charge is -2.22. The Morgan fingerprint density at radius 2 is 0.802 bits per heavy atom. The Kier molecular flexibility index (Phi) is 22.5. The van der Waals surface area contributed by atoms with Crippen LogP contribution in [0.4, 0.5) is 0 Å². The number of hydrogen-bond acceptors (Lipinski definition) is 6. The molecule has 9 aromatic rings. The fourth-order valence-corrected chi connectivity index (χ4v) is 19.8. The molecular formula is C72H102N4OS4. The summed E-state index contributed by atoms with van der Waals surface area (Å²) in [5, 5.41) is 7.70. The second-order valence-corrected chi connectivity index (χ2v) is 29.1. The van der Waals surface area contributed by atoms with Crippen LogP contribution >= 0.6 is 45.3 Å². The zero-order chi connectivity index (χ0) is 56.1. The number of hydrogen-bond donors (Lipinski definition) is 0. The number of carbonyl (C=O) groups is 1. The summed E-state index contributed by atoms with van der Waals surface area (Å²) >= 11 is 8.18. The van der Waals surface area contributed by atoms with Crippen molar-refractivity contribution in [2.75, 3.05) is 0 Å². The Labute approximate surface area is 504 Å². The topological polar surface area (TPSA) is 44.8 Å². The summed E-state index contributed by atoms with van der Waals surface area (Å²) in [5.74, 6) is 2.10. The second kappa shape index (κ2) is 30.0. The van der Waals surface area contributed by atoms with E-state index in [0.717, 1.165) is 53.9 Å². The van der Waals surface area contributed by atoms with Gasteiger partial charge in [-0.25, -0.2) is 4.98 Å². The van der Waals surface area contributed by atoms with Gasteiger partial charge in [-0.15, -0.1) is 45.3 Å². The molecule has 0 radical (unpaired) electrons. The van der Waals surface area contributed by atoms with Crippen molar-refractivity contribution in [3.05, 3.63) is 51.7 Å². The molecule has 0 spiro atoms. The van der Waals surface area contributed by atoms with Crippen LogP contribution in [0.3, 0.4) is 0 Å². The number of rotatable bonds is 40. The van der Waals surface area contributed by atoms with Crippen molar-refractivity contribution >= 4 is 123 Å². The Hall–Kier alpha value is -3.50. The quantitative estimate of drug-likeness (QED) is 0.0359. The van der Waals surface area contributed by atoms with E-state index in [4.69, 9.17) is 4.98 Å². The van der Waals surface area contributed by atoms with Crippen LogP contribution in [0.15, 0.2) is 35.0 Å². The summed E-state index contributed by atoms with van der Waals surface area (Å²) in [6, 6.07) is 8.34. The Morgan fingerprint density at radius 1 is 0.407 bits per heavy atom. The van der Waals surface area contributed by atoms with Crippen molar-refractivity contribution in [3.63, 3.8) is 0 Å². The van der Waals surface area contributed by atoms with Crippen molar-refractivity contribution in [1.29, 1.82) is 0 Å². The molecule has 5 nitrogen and oxygen atoms in total. The lowest BCUT2D eigenvalue weighted by Crippen LogP contribution is -2.14. The number of fused-ring (bicyclic) bond motifs is 18. The molecule has 2 aromatic carbocycles. The largest absolute Gasteiger partial charge is 0.337 e. The number of imidazole rings is 1. The third-order valence-electron chi connectivity index (χ3n) is 18.9. The summed E-state index contributed by atoms with van der Waals surface area (Å²) in [7, 11) is 0. The molecule has 8 heterocycles. The van der Waals surface area contributed by atoms with Crippen LogP contribution in [0.2, 0.25) is 0 Å². The van der Waals surface area contributed by atoms with Crippen molar-refractivity contribution < 1.29 is 4.79 Å². The molecule has 0 saturated heterocycles. The van der Waals surface area contributed by atoms with Gasteiger partial charge in [-0.1, -0.05) is 240 Å². The molecule has 440 valence electrons. The molecule has 81 heavy (non-hydrogen) atoms. The lowest BCUT2D eigenvalue weighted by atomic mass is 9.94. The van der Waals surface area contributed by atoms with E-state index in [1.807, 2.05) is 34.8 Å². The third kappa shape index (κ3) is 13.2. The molecule has 0 saturated carbocycles. The third-order valence-corrected chi connectivity index (χ3v) is 23.8. The molecule has 0 fully saturated rings. The predicted octanol–water partition coefficient (Wildman–Crippen LogP) is 25.2. The molecule has 9 heteroatoms. The molecule has 1 aliphatic heterocycles. The number of unbranched alkanes of at least 4 members (excludes halogenated alkanes) is 24. The van der Waals surface area contributed by atoms with Gasteiger partial charge < -0.3 is 9.13 Å². The predicted molar refractivity (Wildman–Crippen MR) is 363 cm³/mol. The van der Waals surface area contributed by atoms with Gasteiger partial charge in [0, 0.05) is 29.4 Å². The van der Waals surface area contributed by atoms with Crippen molar-refractivity contribution in [3.8, 4) is 11.4 Å². The lowest BCUT2D eigenvalue weighted by molar-refractivity contribution is 0.0973. The van der Waals surface area contributed by atoms with E-state index in [1.54, 1.807) is 11.1 Å². The number of benzene rings is 2. The molecule has 10 rings (SSSR count).